The highest BCUT2D eigenvalue weighted by Gasteiger charge is 2.38. The van der Waals surface area contributed by atoms with E-state index in [2.05, 4.69) is 15.9 Å². The third kappa shape index (κ3) is 3.90. The van der Waals surface area contributed by atoms with Gasteiger partial charge in [0.05, 0.1) is 18.2 Å². The summed E-state index contributed by atoms with van der Waals surface area (Å²) in [5, 5.41) is 0. The van der Waals surface area contributed by atoms with Crippen LogP contribution in [0.25, 0.3) is 0 Å². The molecule has 0 radical (unpaired) electrons. The number of amides is 1. The Labute approximate surface area is 167 Å². The SMILES string of the molecule is CCOC(=O)[C@H]1CCCN(S(=O)(=O)c2cc(Br)cc3c2N(C(C)=O)CC3)C1. The van der Waals surface area contributed by atoms with Crippen molar-refractivity contribution < 1.29 is 22.7 Å². The van der Waals surface area contributed by atoms with Crippen molar-refractivity contribution in [1.82, 2.24) is 4.31 Å². The number of nitrogens with zero attached hydrogens (tertiary/aromatic N) is 2. The second kappa shape index (κ2) is 7.89. The molecule has 9 heteroatoms. The number of carbonyl (C=O) groups excluding carboxylic acids is 2. The number of rotatable bonds is 4. The highest BCUT2D eigenvalue weighted by Crippen LogP contribution is 2.39. The lowest BCUT2D eigenvalue weighted by Crippen LogP contribution is -2.43. The summed E-state index contributed by atoms with van der Waals surface area (Å²) in [5.74, 6) is -1.00. The van der Waals surface area contributed by atoms with Gasteiger partial charge in [-0.25, -0.2) is 8.42 Å². The van der Waals surface area contributed by atoms with Gasteiger partial charge in [-0.3, -0.25) is 9.59 Å². The monoisotopic (exact) mass is 458 g/mol. The van der Waals surface area contributed by atoms with Gasteiger partial charge in [0.2, 0.25) is 15.9 Å². The number of sulfonamides is 1. The smallest absolute Gasteiger partial charge is 0.310 e. The predicted molar refractivity (Wildman–Crippen MR) is 104 cm³/mol. The average molecular weight is 459 g/mol. The quantitative estimate of drug-likeness (QED) is 0.646. The van der Waals surface area contributed by atoms with Crippen molar-refractivity contribution in [2.45, 2.75) is 38.0 Å². The number of piperidine rings is 1. The maximum absolute atomic E-state index is 13.4. The molecule has 1 fully saturated rings. The minimum atomic E-state index is -3.86. The molecule has 2 heterocycles. The van der Waals surface area contributed by atoms with E-state index >= 15 is 0 Å². The Morgan fingerprint density at radius 3 is 2.70 bits per heavy atom. The van der Waals surface area contributed by atoms with Crippen LogP contribution in [0, 0.1) is 5.92 Å². The number of fused-ring (bicyclic) bond motifs is 1. The van der Waals surface area contributed by atoms with E-state index in [0.717, 1.165) is 5.56 Å². The molecule has 0 saturated carbocycles. The standard InChI is InChI=1S/C18H23BrN2O5S/c1-3-26-18(23)14-5-4-7-20(11-14)27(24,25)16-10-15(19)9-13-6-8-21(12(2)22)17(13)16/h9-10,14H,3-8,11H2,1-2H3/t14-/m0/s1. The molecular formula is C18H23BrN2O5S. The third-order valence-corrected chi connectivity index (χ3v) is 7.33. The van der Waals surface area contributed by atoms with Crippen molar-refractivity contribution in [3.63, 3.8) is 0 Å². The van der Waals surface area contributed by atoms with E-state index in [1.807, 2.05) is 6.07 Å². The molecule has 1 aromatic carbocycles. The second-order valence-corrected chi connectivity index (χ2v) is 9.61. The summed E-state index contributed by atoms with van der Waals surface area (Å²) in [6.07, 6.45) is 1.82. The molecule has 0 bridgehead atoms. The molecular weight excluding hydrogens is 436 g/mol. The number of benzene rings is 1. The molecule has 1 atom stereocenters. The zero-order valence-electron chi connectivity index (χ0n) is 15.4. The Hall–Kier alpha value is -1.45. The van der Waals surface area contributed by atoms with Gasteiger partial charge in [-0.2, -0.15) is 4.31 Å². The summed E-state index contributed by atoms with van der Waals surface area (Å²) < 4.78 is 33.9. The third-order valence-electron chi connectivity index (χ3n) is 5.00. The van der Waals surface area contributed by atoms with Crippen LogP contribution in [0.4, 0.5) is 5.69 Å². The molecule has 1 amide bonds. The van der Waals surface area contributed by atoms with Crippen molar-refractivity contribution in [3.05, 3.63) is 22.2 Å². The number of hydrogen-bond donors (Lipinski definition) is 0. The summed E-state index contributed by atoms with van der Waals surface area (Å²) in [5.41, 5.74) is 1.29. The van der Waals surface area contributed by atoms with Crippen LogP contribution in [-0.4, -0.2) is 50.8 Å². The fourth-order valence-corrected chi connectivity index (χ4v) is 6.18. The van der Waals surface area contributed by atoms with Gasteiger partial charge in [0, 0.05) is 31.0 Å². The molecule has 7 nitrogen and oxygen atoms in total. The molecule has 1 aromatic rings. The fourth-order valence-electron chi connectivity index (χ4n) is 3.73. The number of carbonyl (C=O) groups is 2. The van der Waals surface area contributed by atoms with Crippen LogP contribution in [0.1, 0.15) is 32.3 Å². The summed E-state index contributed by atoms with van der Waals surface area (Å²) in [7, 11) is -3.86. The van der Waals surface area contributed by atoms with Gasteiger partial charge in [-0.1, -0.05) is 15.9 Å². The van der Waals surface area contributed by atoms with Gasteiger partial charge in [0.15, 0.2) is 0 Å². The van der Waals surface area contributed by atoms with Crippen LogP contribution < -0.4 is 4.90 Å². The van der Waals surface area contributed by atoms with E-state index in [0.29, 0.717) is 42.5 Å². The summed E-state index contributed by atoms with van der Waals surface area (Å²) in [4.78, 5) is 25.7. The fraction of sp³-hybridized carbons (Fsp3) is 0.556. The molecule has 27 heavy (non-hydrogen) atoms. The maximum Gasteiger partial charge on any atom is 0.310 e. The van der Waals surface area contributed by atoms with Crippen LogP contribution in [-0.2, 0) is 30.8 Å². The molecule has 2 aliphatic heterocycles. The highest BCUT2D eigenvalue weighted by atomic mass is 79.9. The molecule has 0 aromatic heterocycles. The van der Waals surface area contributed by atoms with Crippen LogP contribution >= 0.6 is 15.9 Å². The molecule has 0 aliphatic carbocycles. The van der Waals surface area contributed by atoms with E-state index in [1.54, 1.807) is 13.0 Å². The minimum absolute atomic E-state index is 0.0997. The zero-order chi connectivity index (χ0) is 19.8. The number of halogens is 1. The molecule has 1 saturated heterocycles. The number of hydrogen-bond acceptors (Lipinski definition) is 5. The van der Waals surface area contributed by atoms with Crippen LogP contribution in [0.3, 0.4) is 0 Å². The molecule has 0 spiro atoms. The summed E-state index contributed by atoms with van der Waals surface area (Å²) in [6, 6.07) is 3.40. The van der Waals surface area contributed by atoms with Crippen molar-refractivity contribution in [2.24, 2.45) is 5.92 Å². The Balaban J connectivity index is 1.98. The van der Waals surface area contributed by atoms with Gasteiger partial charge in [-0.05, 0) is 43.9 Å². The van der Waals surface area contributed by atoms with Gasteiger partial charge < -0.3 is 9.64 Å². The second-order valence-electron chi connectivity index (χ2n) is 6.79. The van der Waals surface area contributed by atoms with Crippen molar-refractivity contribution in [3.8, 4) is 0 Å². The lowest BCUT2D eigenvalue weighted by atomic mass is 10.0. The Kier molecular flexibility index (Phi) is 5.93. The van der Waals surface area contributed by atoms with Crippen LogP contribution in [0.5, 0.6) is 0 Å². The van der Waals surface area contributed by atoms with E-state index in [1.165, 1.54) is 16.1 Å². The first kappa shape index (κ1) is 20.3. The molecule has 0 unspecified atom stereocenters. The number of anilines is 1. The molecule has 3 rings (SSSR count). The Morgan fingerprint density at radius 1 is 1.30 bits per heavy atom. The number of ether oxygens (including phenoxy) is 1. The zero-order valence-corrected chi connectivity index (χ0v) is 17.8. The average Bonchev–Trinajstić information content (AvgIpc) is 3.05. The summed E-state index contributed by atoms with van der Waals surface area (Å²) >= 11 is 3.38. The molecule has 0 N–H and O–H groups in total. The van der Waals surface area contributed by atoms with Crippen molar-refractivity contribution in [2.75, 3.05) is 31.1 Å². The number of esters is 1. The topological polar surface area (TPSA) is 84.0 Å². The van der Waals surface area contributed by atoms with E-state index < -0.39 is 15.9 Å². The minimum Gasteiger partial charge on any atom is -0.466 e. The van der Waals surface area contributed by atoms with E-state index in [-0.39, 0.29) is 29.9 Å². The van der Waals surface area contributed by atoms with Crippen molar-refractivity contribution in [1.29, 1.82) is 0 Å². The van der Waals surface area contributed by atoms with Gasteiger partial charge >= 0.3 is 5.97 Å². The lowest BCUT2D eigenvalue weighted by molar-refractivity contribution is -0.149. The van der Waals surface area contributed by atoms with Crippen molar-refractivity contribution >= 4 is 43.5 Å². The maximum atomic E-state index is 13.4. The largest absolute Gasteiger partial charge is 0.466 e. The highest BCUT2D eigenvalue weighted by molar-refractivity contribution is 9.10. The summed E-state index contributed by atoms with van der Waals surface area (Å²) in [6.45, 7) is 4.35. The molecule has 2 aliphatic rings. The van der Waals surface area contributed by atoms with Crippen LogP contribution in [0.2, 0.25) is 0 Å². The van der Waals surface area contributed by atoms with Gasteiger partial charge in [0.25, 0.3) is 0 Å². The van der Waals surface area contributed by atoms with Gasteiger partial charge in [0.1, 0.15) is 4.90 Å². The van der Waals surface area contributed by atoms with E-state index in [9.17, 15) is 18.0 Å². The predicted octanol–water partition coefficient (Wildman–Crippen LogP) is 2.32. The lowest BCUT2D eigenvalue weighted by Gasteiger charge is -2.31. The first-order valence-electron chi connectivity index (χ1n) is 9.03. The van der Waals surface area contributed by atoms with Gasteiger partial charge in [-0.15, -0.1) is 0 Å². The Bertz CT molecular complexity index is 871. The normalized spacial score (nSPS) is 20.4. The first-order valence-corrected chi connectivity index (χ1v) is 11.3. The first-order chi connectivity index (χ1) is 12.8. The molecule has 148 valence electrons. The van der Waals surface area contributed by atoms with Crippen LogP contribution in [0.15, 0.2) is 21.5 Å². The Morgan fingerprint density at radius 2 is 2.04 bits per heavy atom. The van der Waals surface area contributed by atoms with E-state index in [4.69, 9.17) is 4.74 Å².